The summed E-state index contributed by atoms with van der Waals surface area (Å²) in [6.45, 7) is 2.67. The highest BCUT2D eigenvalue weighted by atomic mass is 16.6. The molecule has 0 spiro atoms. The number of nitro groups is 1. The zero-order chi connectivity index (χ0) is 18.6. The number of amides is 1. The number of ether oxygens (including phenoxy) is 2. The van der Waals surface area contributed by atoms with Crippen LogP contribution in [0, 0.1) is 10.1 Å². The number of likely N-dealkylation sites (tertiary alicyclic amines) is 1. The lowest BCUT2D eigenvalue weighted by atomic mass is 10.1. The molecular formula is C16H18N2O7. The Hall–Kier alpha value is -2.97. The smallest absolute Gasteiger partial charge is 0.339 e. The van der Waals surface area contributed by atoms with Crippen molar-refractivity contribution in [1.29, 1.82) is 0 Å². The van der Waals surface area contributed by atoms with Crippen LogP contribution in [-0.4, -0.2) is 54.0 Å². The quantitative estimate of drug-likeness (QED) is 0.449. The van der Waals surface area contributed by atoms with Gasteiger partial charge in [0.15, 0.2) is 6.10 Å². The SMILES string of the molecule is COC(=O)c1cc(C(=O)OC(C)C(=O)N2CCCC2)cc([N+](=O)[O-])c1. The number of carbonyl (C=O) groups is 3. The highest BCUT2D eigenvalue weighted by Crippen LogP contribution is 2.20. The molecule has 134 valence electrons. The Labute approximate surface area is 143 Å². The molecule has 0 aliphatic carbocycles. The summed E-state index contributed by atoms with van der Waals surface area (Å²) in [5, 5.41) is 11.0. The van der Waals surface area contributed by atoms with Crippen LogP contribution in [0.25, 0.3) is 0 Å². The number of rotatable bonds is 5. The van der Waals surface area contributed by atoms with Crippen molar-refractivity contribution >= 4 is 23.5 Å². The molecule has 1 heterocycles. The van der Waals surface area contributed by atoms with Gasteiger partial charge in [-0.05, 0) is 25.8 Å². The Morgan fingerprint density at radius 1 is 1.12 bits per heavy atom. The van der Waals surface area contributed by atoms with E-state index in [-0.39, 0.29) is 17.0 Å². The van der Waals surface area contributed by atoms with Gasteiger partial charge in [0.05, 0.1) is 23.2 Å². The van der Waals surface area contributed by atoms with E-state index in [1.807, 2.05) is 0 Å². The van der Waals surface area contributed by atoms with Crippen LogP contribution in [0.1, 0.15) is 40.5 Å². The Morgan fingerprint density at radius 3 is 2.20 bits per heavy atom. The van der Waals surface area contributed by atoms with Gasteiger partial charge in [-0.3, -0.25) is 14.9 Å². The number of benzene rings is 1. The predicted molar refractivity (Wildman–Crippen MR) is 85.1 cm³/mol. The van der Waals surface area contributed by atoms with Crippen LogP contribution < -0.4 is 0 Å². The van der Waals surface area contributed by atoms with Gasteiger partial charge in [0.2, 0.25) is 0 Å². The zero-order valence-corrected chi connectivity index (χ0v) is 13.9. The van der Waals surface area contributed by atoms with Crippen LogP contribution in [0.4, 0.5) is 5.69 Å². The number of non-ortho nitro benzene ring substituents is 1. The Morgan fingerprint density at radius 2 is 1.68 bits per heavy atom. The second-order valence-corrected chi connectivity index (χ2v) is 5.60. The van der Waals surface area contributed by atoms with Gasteiger partial charge in [-0.1, -0.05) is 0 Å². The van der Waals surface area contributed by atoms with Crippen molar-refractivity contribution in [2.45, 2.75) is 25.9 Å². The van der Waals surface area contributed by atoms with Gasteiger partial charge in [0, 0.05) is 25.2 Å². The molecule has 1 aliphatic rings. The summed E-state index contributed by atoms with van der Waals surface area (Å²) in [5.41, 5.74) is -0.800. The Bertz CT molecular complexity index is 710. The van der Waals surface area contributed by atoms with Crippen LogP contribution in [0.3, 0.4) is 0 Å². The zero-order valence-electron chi connectivity index (χ0n) is 13.9. The third-order valence-corrected chi connectivity index (χ3v) is 3.83. The number of hydrogen-bond donors (Lipinski definition) is 0. The number of carbonyl (C=O) groups excluding carboxylic acids is 3. The Balaban J connectivity index is 2.19. The molecule has 9 heteroatoms. The maximum Gasteiger partial charge on any atom is 0.339 e. The van der Waals surface area contributed by atoms with Gasteiger partial charge in [-0.15, -0.1) is 0 Å². The second kappa shape index (κ2) is 7.73. The van der Waals surface area contributed by atoms with Crippen molar-refractivity contribution in [3.63, 3.8) is 0 Å². The molecule has 0 aromatic heterocycles. The van der Waals surface area contributed by atoms with Crippen LogP contribution in [0.5, 0.6) is 0 Å². The highest BCUT2D eigenvalue weighted by Gasteiger charge is 2.27. The molecule has 2 rings (SSSR count). The molecule has 1 aromatic carbocycles. The summed E-state index contributed by atoms with van der Waals surface area (Å²) in [4.78, 5) is 47.9. The lowest BCUT2D eigenvalue weighted by molar-refractivity contribution is -0.384. The summed E-state index contributed by atoms with van der Waals surface area (Å²) < 4.78 is 9.63. The number of nitro benzene ring substituents is 1. The molecule has 0 N–H and O–H groups in total. The van der Waals surface area contributed by atoms with Crippen LogP contribution in [0.2, 0.25) is 0 Å². The first kappa shape index (κ1) is 18.4. The maximum absolute atomic E-state index is 12.2. The third-order valence-electron chi connectivity index (χ3n) is 3.83. The van der Waals surface area contributed by atoms with Gasteiger partial charge in [-0.2, -0.15) is 0 Å². The minimum atomic E-state index is -1.02. The van der Waals surface area contributed by atoms with E-state index in [1.165, 1.54) is 6.92 Å². The summed E-state index contributed by atoms with van der Waals surface area (Å²) in [6, 6.07) is 3.12. The highest BCUT2D eigenvalue weighted by molar-refractivity contribution is 5.97. The standard InChI is InChI=1S/C16H18N2O7/c1-10(14(19)17-5-3-4-6-17)25-16(21)12-7-11(15(20)24-2)8-13(9-12)18(22)23/h7-10H,3-6H2,1-2H3. The minimum absolute atomic E-state index is 0.151. The molecule has 1 aromatic rings. The first-order valence-corrected chi connectivity index (χ1v) is 7.71. The van der Waals surface area contributed by atoms with Gasteiger partial charge in [0.1, 0.15) is 0 Å². The predicted octanol–water partition coefficient (Wildman–Crippen LogP) is 1.55. The molecule has 1 saturated heterocycles. The van der Waals surface area contributed by atoms with Gasteiger partial charge in [0.25, 0.3) is 11.6 Å². The minimum Gasteiger partial charge on any atom is -0.465 e. The van der Waals surface area contributed by atoms with E-state index >= 15 is 0 Å². The first-order valence-electron chi connectivity index (χ1n) is 7.71. The molecule has 1 atom stereocenters. The van der Waals surface area contributed by atoms with Crippen LogP contribution in [-0.2, 0) is 14.3 Å². The van der Waals surface area contributed by atoms with E-state index in [0.717, 1.165) is 38.2 Å². The Kier molecular flexibility index (Phi) is 5.68. The van der Waals surface area contributed by atoms with Crippen molar-refractivity contribution in [3.05, 3.63) is 39.4 Å². The summed E-state index contributed by atoms with van der Waals surface area (Å²) >= 11 is 0. The number of nitrogens with zero attached hydrogens (tertiary/aromatic N) is 2. The molecule has 9 nitrogen and oxygen atoms in total. The van der Waals surface area contributed by atoms with Crippen LogP contribution >= 0.6 is 0 Å². The number of methoxy groups -OCH3 is 1. The molecular weight excluding hydrogens is 332 g/mol. The van der Waals surface area contributed by atoms with E-state index in [9.17, 15) is 24.5 Å². The first-order chi connectivity index (χ1) is 11.8. The lowest BCUT2D eigenvalue weighted by Crippen LogP contribution is -2.38. The molecule has 1 fully saturated rings. The van der Waals surface area contributed by atoms with E-state index in [2.05, 4.69) is 4.74 Å². The largest absolute Gasteiger partial charge is 0.465 e. The average Bonchev–Trinajstić information content (AvgIpc) is 3.14. The molecule has 0 bridgehead atoms. The number of hydrogen-bond acceptors (Lipinski definition) is 7. The van der Waals surface area contributed by atoms with Gasteiger partial charge in [-0.25, -0.2) is 9.59 Å². The molecule has 0 saturated carbocycles. The average molecular weight is 350 g/mol. The summed E-state index contributed by atoms with van der Waals surface area (Å²) in [5.74, 6) is -2.06. The fourth-order valence-electron chi connectivity index (χ4n) is 2.54. The summed E-state index contributed by atoms with van der Waals surface area (Å²) in [7, 11) is 1.12. The van der Waals surface area contributed by atoms with E-state index in [1.54, 1.807) is 4.90 Å². The van der Waals surface area contributed by atoms with Crippen molar-refractivity contribution in [1.82, 2.24) is 4.90 Å². The van der Waals surface area contributed by atoms with Crippen molar-refractivity contribution in [3.8, 4) is 0 Å². The monoisotopic (exact) mass is 350 g/mol. The lowest BCUT2D eigenvalue weighted by Gasteiger charge is -2.20. The van der Waals surface area contributed by atoms with Crippen molar-refractivity contribution < 1.29 is 28.8 Å². The fourth-order valence-corrected chi connectivity index (χ4v) is 2.54. The van der Waals surface area contributed by atoms with Gasteiger partial charge < -0.3 is 14.4 Å². The normalized spacial score (nSPS) is 14.7. The van der Waals surface area contributed by atoms with Gasteiger partial charge >= 0.3 is 11.9 Å². The van der Waals surface area contributed by atoms with Crippen LogP contribution in [0.15, 0.2) is 18.2 Å². The fraction of sp³-hybridized carbons (Fsp3) is 0.438. The van der Waals surface area contributed by atoms with E-state index < -0.39 is 28.7 Å². The molecule has 25 heavy (non-hydrogen) atoms. The number of esters is 2. The third kappa shape index (κ3) is 4.31. The second-order valence-electron chi connectivity index (χ2n) is 5.60. The molecule has 1 unspecified atom stereocenters. The molecule has 1 aliphatic heterocycles. The molecule has 0 radical (unpaired) electrons. The van der Waals surface area contributed by atoms with E-state index in [4.69, 9.17) is 4.74 Å². The maximum atomic E-state index is 12.2. The van der Waals surface area contributed by atoms with Crippen molar-refractivity contribution in [2.24, 2.45) is 0 Å². The molecule has 1 amide bonds. The topological polar surface area (TPSA) is 116 Å². The van der Waals surface area contributed by atoms with E-state index in [0.29, 0.717) is 13.1 Å². The summed E-state index contributed by atoms with van der Waals surface area (Å²) in [6.07, 6.45) is 0.783. The van der Waals surface area contributed by atoms with Crippen molar-refractivity contribution in [2.75, 3.05) is 20.2 Å².